The first-order valence-electron chi connectivity index (χ1n) is 6.23. The maximum atomic E-state index is 8.84. The van der Waals surface area contributed by atoms with Crippen molar-refractivity contribution in [3.8, 4) is 0 Å². The molecule has 3 N–H and O–H groups in total. The van der Waals surface area contributed by atoms with E-state index in [1.54, 1.807) is 0 Å². The second kappa shape index (κ2) is 4.84. The van der Waals surface area contributed by atoms with Crippen LogP contribution in [0.15, 0.2) is 17.3 Å². The summed E-state index contributed by atoms with van der Waals surface area (Å²) < 4.78 is 0. The van der Waals surface area contributed by atoms with Crippen LogP contribution in [0.1, 0.15) is 31.0 Å². The van der Waals surface area contributed by atoms with Crippen LogP contribution in [0.4, 0.5) is 5.82 Å². The first-order chi connectivity index (χ1) is 8.54. The van der Waals surface area contributed by atoms with Crippen molar-refractivity contribution in [2.24, 2.45) is 16.8 Å². The molecule has 0 spiro atoms. The number of amidine groups is 1. The van der Waals surface area contributed by atoms with Crippen LogP contribution in [0.2, 0.25) is 0 Å². The van der Waals surface area contributed by atoms with E-state index >= 15 is 0 Å². The number of hydrogen-bond acceptors (Lipinski definition) is 4. The fourth-order valence-electron chi connectivity index (χ4n) is 2.15. The Bertz CT molecular complexity index is 468. The third-order valence-electron chi connectivity index (χ3n) is 3.65. The molecule has 1 heterocycles. The van der Waals surface area contributed by atoms with E-state index in [4.69, 9.17) is 10.9 Å². The Labute approximate surface area is 107 Å². The van der Waals surface area contributed by atoms with E-state index in [0.717, 1.165) is 17.4 Å². The van der Waals surface area contributed by atoms with Gasteiger partial charge in [0.15, 0.2) is 5.84 Å². The lowest BCUT2D eigenvalue weighted by Crippen LogP contribution is -2.33. The Kier molecular flexibility index (Phi) is 3.41. The van der Waals surface area contributed by atoms with Gasteiger partial charge in [0.1, 0.15) is 5.82 Å². The fourth-order valence-corrected chi connectivity index (χ4v) is 2.15. The topological polar surface area (TPSA) is 74.7 Å². The number of oxime groups is 1. The van der Waals surface area contributed by atoms with Gasteiger partial charge >= 0.3 is 0 Å². The van der Waals surface area contributed by atoms with E-state index in [0.29, 0.717) is 11.6 Å². The van der Waals surface area contributed by atoms with Crippen molar-refractivity contribution in [3.63, 3.8) is 0 Å². The predicted molar refractivity (Wildman–Crippen MR) is 72.1 cm³/mol. The summed E-state index contributed by atoms with van der Waals surface area (Å²) in [7, 11) is 2.01. The van der Waals surface area contributed by atoms with E-state index in [-0.39, 0.29) is 5.84 Å². The molecule has 1 unspecified atom stereocenters. The van der Waals surface area contributed by atoms with Crippen LogP contribution in [0.3, 0.4) is 0 Å². The average molecular weight is 248 g/mol. The van der Waals surface area contributed by atoms with Gasteiger partial charge in [-0.25, -0.2) is 4.98 Å². The van der Waals surface area contributed by atoms with Gasteiger partial charge in [-0.15, -0.1) is 0 Å². The summed E-state index contributed by atoms with van der Waals surface area (Å²) in [5.74, 6) is 1.62. The Balaban J connectivity index is 2.37. The monoisotopic (exact) mass is 248 g/mol. The molecule has 1 aromatic heterocycles. The number of nitrogens with zero attached hydrogens (tertiary/aromatic N) is 3. The highest BCUT2D eigenvalue weighted by Crippen LogP contribution is 2.36. The summed E-state index contributed by atoms with van der Waals surface area (Å²) in [4.78, 5) is 6.65. The van der Waals surface area contributed by atoms with Crippen LogP contribution in [0, 0.1) is 12.8 Å². The predicted octanol–water partition coefficient (Wildman–Crippen LogP) is 1.72. The molecule has 0 saturated heterocycles. The number of anilines is 1. The molecule has 1 fully saturated rings. The molecule has 98 valence electrons. The summed E-state index contributed by atoms with van der Waals surface area (Å²) in [5, 5.41) is 11.9. The van der Waals surface area contributed by atoms with E-state index in [1.807, 2.05) is 26.1 Å². The van der Waals surface area contributed by atoms with Gasteiger partial charge in [-0.2, -0.15) is 0 Å². The van der Waals surface area contributed by atoms with E-state index in [2.05, 4.69) is 22.0 Å². The number of rotatable bonds is 4. The number of nitrogens with two attached hydrogens (primary N) is 1. The zero-order chi connectivity index (χ0) is 13.3. The molecule has 1 saturated carbocycles. The minimum atomic E-state index is 0.104. The second-order valence-electron chi connectivity index (χ2n) is 5.00. The lowest BCUT2D eigenvalue weighted by Gasteiger charge is -2.27. The van der Waals surface area contributed by atoms with E-state index < -0.39 is 0 Å². The van der Waals surface area contributed by atoms with Crippen molar-refractivity contribution in [3.05, 3.63) is 23.4 Å². The average Bonchev–Trinajstić information content (AvgIpc) is 3.20. The minimum absolute atomic E-state index is 0.104. The first kappa shape index (κ1) is 12.7. The molecule has 0 aromatic carbocycles. The molecule has 1 aliphatic rings. The zero-order valence-corrected chi connectivity index (χ0v) is 11.1. The SMILES string of the molecule is Cc1ccc(C(N)=NO)c(N(C)C(C)C2CC2)n1. The van der Waals surface area contributed by atoms with Crippen LogP contribution in [-0.2, 0) is 0 Å². The smallest absolute Gasteiger partial charge is 0.173 e. The second-order valence-corrected chi connectivity index (χ2v) is 5.00. The summed E-state index contributed by atoms with van der Waals surface area (Å²) in [6, 6.07) is 4.14. The normalized spacial score (nSPS) is 17.6. The molecule has 0 amide bonds. The van der Waals surface area contributed by atoms with Crippen LogP contribution in [-0.4, -0.2) is 29.1 Å². The molecule has 1 aromatic rings. The summed E-state index contributed by atoms with van der Waals surface area (Å²) in [5.41, 5.74) is 7.31. The highest BCUT2D eigenvalue weighted by molar-refractivity contribution is 6.01. The van der Waals surface area contributed by atoms with Crippen molar-refractivity contribution in [2.75, 3.05) is 11.9 Å². The molecule has 2 rings (SSSR count). The van der Waals surface area contributed by atoms with Crippen molar-refractivity contribution < 1.29 is 5.21 Å². The van der Waals surface area contributed by atoms with Crippen molar-refractivity contribution in [1.29, 1.82) is 0 Å². The van der Waals surface area contributed by atoms with E-state index in [1.165, 1.54) is 12.8 Å². The largest absolute Gasteiger partial charge is 0.409 e. The molecule has 0 aliphatic heterocycles. The molecular weight excluding hydrogens is 228 g/mol. The standard InChI is InChI=1S/C13H20N4O/c1-8-4-7-11(12(14)16-18)13(15-8)17(3)9(2)10-5-6-10/h4,7,9-10,18H,5-6H2,1-3H3,(H2,14,16). The van der Waals surface area contributed by atoms with Gasteiger partial charge in [-0.05, 0) is 44.7 Å². The third-order valence-corrected chi connectivity index (χ3v) is 3.65. The molecule has 18 heavy (non-hydrogen) atoms. The Hall–Kier alpha value is -1.78. The molecular formula is C13H20N4O. The molecule has 1 atom stereocenters. The highest BCUT2D eigenvalue weighted by atomic mass is 16.4. The summed E-state index contributed by atoms with van der Waals surface area (Å²) in [6.45, 7) is 4.13. The molecule has 0 radical (unpaired) electrons. The quantitative estimate of drug-likeness (QED) is 0.368. The number of aryl methyl sites for hydroxylation is 1. The molecule has 5 heteroatoms. The lowest BCUT2D eigenvalue weighted by atomic mass is 10.1. The Morgan fingerprint density at radius 3 is 2.78 bits per heavy atom. The Morgan fingerprint density at radius 2 is 2.22 bits per heavy atom. The summed E-state index contributed by atoms with van der Waals surface area (Å²) >= 11 is 0. The molecule has 1 aliphatic carbocycles. The van der Waals surface area contributed by atoms with Crippen LogP contribution >= 0.6 is 0 Å². The van der Waals surface area contributed by atoms with Gasteiger partial charge in [0.25, 0.3) is 0 Å². The van der Waals surface area contributed by atoms with Crippen LogP contribution < -0.4 is 10.6 Å². The van der Waals surface area contributed by atoms with Crippen LogP contribution in [0.25, 0.3) is 0 Å². The fraction of sp³-hybridized carbons (Fsp3) is 0.538. The molecule has 5 nitrogen and oxygen atoms in total. The molecule has 0 bridgehead atoms. The number of hydrogen-bond donors (Lipinski definition) is 2. The third kappa shape index (κ3) is 2.39. The van der Waals surface area contributed by atoms with Crippen molar-refractivity contribution in [2.45, 2.75) is 32.7 Å². The summed E-state index contributed by atoms with van der Waals surface area (Å²) in [6.07, 6.45) is 2.55. The van der Waals surface area contributed by atoms with Gasteiger partial charge in [-0.3, -0.25) is 0 Å². The van der Waals surface area contributed by atoms with Crippen molar-refractivity contribution in [1.82, 2.24) is 4.98 Å². The maximum Gasteiger partial charge on any atom is 0.173 e. The van der Waals surface area contributed by atoms with Crippen LogP contribution in [0.5, 0.6) is 0 Å². The van der Waals surface area contributed by atoms with Gasteiger partial charge in [0.05, 0.1) is 5.56 Å². The zero-order valence-electron chi connectivity index (χ0n) is 11.1. The lowest BCUT2D eigenvalue weighted by molar-refractivity contribution is 0.318. The first-order valence-corrected chi connectivity index (χ1v) is 6.23. The van der Waals surface area contributed by atoms with Gasteiger partial charge in [0, 0.05) is 18.8 Å². The highest BCUT2D eigenvalue weighted by Gasteiger charge is 2.32. The van der Waals surface area contributed by atoms with Crippen molar-refractivity contribution >= 4 is 11.7 Å². The van der Waals surface area contributed by atoms with Gasteiger partial charge in [-0.1, -0.05) is 5.16 Å². The minimum Gasteiger partial charge on any atom is -0.409 e. The van der Waals surface area contributed by atoms with Gasteiger partial charge < -0.3 is 15.8 Å². The number of pyridine rings is 1. The Morgan fingerprint density at radius 1 is 1.56 bits per heavy atom. The van der Waals surface area contributed by atoms with Gasteiger partial charge in [0.2, 0.25) is 0 Å². The maximum absolute atomic E-state index is 8.84. The van der Waals surface area contributed by atoms with E-state index in [9.17, 15) is 0 Å². The number of aromatic nitrogens is 1.